The van der Waals surface area contributed by atoms with Gasteiger partial charge in [-0.05, 0) is 37.1 Å². The zero-order chi connectivity index (χ0) is 21.5. The summed E-state index contributed by atoms with van der Waals surface area (Å²) < 4.78 is -0.460. The van der Waals surface area contributed by atoms with E-state index in [1.807, 2.05) is 0 Å². The van der Waals surface area contributed by atoms with Crippen molar-refractivity contribution >= 4 is 48.7 Å². The van der Waals surface area contributed by atoms with Crippen molar-refractivity contribution in [1.82, 2.24) is 0 Å². The normalized spacial score (nSPS) is 11.4. The zero-order valence-electron chi connectivity index (χ0n) is 17.8. The van der Waals surface area contributed by atoms with Gasteiger partial charge in [0.25, 0.3) is 0 Å². The van der Waals surface area contributed by atoms with Gasteiger partial charge in [0.15, 0.2) is 0 Å². The van der Waals surface area contributed by atoms with Gasteiger partial charge in [0.1, 0.15) is 0 Å². The van der Waals surface area contributed by atoms with Crippen LogP contribution >= 0.6 is 27.4 Å². The molecule has 0 aromatic heterocycles. The Labute approximate surface area is 213 Å². The molecule has 0 aliphatic carbocycles. The van der Waals surface area contributed by atoms with Crippen LogP contribution in [0.5, 0.6) is 0 Å². The standard InChI is InChI=1S/C28H26ClP2.Pd/c1-2-23-28(29,30(24-15-7-3-8-16-24)25-17-9-4-10-18-25)31(26-19-11-5-12-20-26)27-21-13-6-14-22-27;/h3-22H,1-2,23H2;/q-1;. The van der Waals surface area contributed by atoms with Gasteiger partial charge < -0.3 is 6.92 Å². The molecule has 32 heavy (non-hydrogen) atoms. The third-order valence-corrected chi connectivity index (χ3v) is 12.7. The van der Waals surface area contributed by atoms with Gasteiger partial charge in [-0.25, -0.2) is 0 Å². The molecule has 0 aliphatic rings. The summed E-state index contributed by atoms with van der Waals surface area (Å²) in [6.07, 6.45) is 1.64. The van der Waals surface area contributed by atoms with Gasteiger partial charge in [-0.3, -0.25) is 0 Å². The molecule has 0 amide bonds. The Kier molecular flexibility index (Phi) is 9.68. The maximum Gasteiger partial charge on any atom is 0.0970 e. The van der Waals surface area contributed by atoms with Crippen molar-refractivity contribution < 1.29 is 20.4 Å². The molecule has 4 aromatic rings. The van der Waals surface area contributed by atoms with E-state index in [9.17, 15) is 0 Å². The van der Waals surface area contributed by atoms with E-state index in [0.29, 0.717) is 0 Å². The Balaban J connectivity index is 0.00000289. The van der Waals surface area contributed by atoms with Crippen molar-refractivity contribution in [3.8, 4) is 0 Å². The van der Waals surface area contributed by atoms with E-state index < -0.39 is 20.2 Å². The monoisotopic (exact) mass is 565 g/mol. The minimum absolute atomic E-state index is 0. The first kappa shape index (κ1) is 25.3. The number of hydrogen-bond donors (Lipinski definition) is 0. The molecule has 0 N–H and O–H groups in total. The average molecular weight is 566 g/mol. The minimum Gasteiger partial charge on any atom is -0.343 e. The summed E-state index contributed by atoms with van der Waals surface area (Å²) in [5.74, 6) is 0. The Morgan fingerprint density at radius 2 is 0.781 bits per heavy atom. The molecule has 0 radical (unpaired) electrons. The van der Waals surface area contributed by atoms with Crippen LogP contribution in [0.3, 0.4) is 0 Å². The van der Waals surface area contributed by atoms with Crippen molar-refractivity contribution in [3.05, 3.63) is 128 Å². The van der Waals surface area contributed by atoms with E-state index >= 15 is 0 Å². The fraction of sp³-hybridized carbons (Fsp3) is 0.107. The fourth-order valence-electron chi connectivity index (χ4n) is 3.95. The summed E-state index contributed by atoms with van der Waals surface area (Å²) in [6, 6.07) is 43.2. The number of benzene rings is 4. The van der Waals surface area contributed by atoms with Crippen LogP contribution in [-0.4, -0.2) is 4.36 Å². The molecule has 4 heteroatoms. The summed E-state index contributed by atoms with van der Waals surface area (Å²) in [5, 5.41) is 5.25. The van der Waals surface area contributed by atoms with Crippen LogP contribution in [0.2, 0.25) is 0 Å². The van der Waals surface area contributed by atoms with E-state index in [1.165, 1.54) is 21.2 Å². The Bertz CT molecular complexity index is 898. The van der Waals surface area contributed by atoms with Crippen LogP contribution in [0, 0.1) is 6.92 Å². The van der Waals surface area contributed by atoms with Crippen LogP contribution in [0.1, 0.15) is 12.8 Å². The second kappa shape index (κ2) is 12.2. The first-order valence-electron chi connectivity index (χ1n) is 10.5. The molecular weight excluding hydrogens is 540 g/mol. The van der Waals surface area contributed by atoms with Crippen LogP contribution in [-0.2, 0) is 20.4 Å². The molecule has 0 nitrogen and oxygen atoms in total. The summed E-state index contributed by atoms with van der Waals surface area (Å²) in [6.45, 7) is 4.25. The first-order valence-corrected chi connectivity index (χ1v) is 13.6. The van der Waals surface area contributed by atoms with Gasteiger partial charge in [-0.15, -0.1) is 11.6 Å². The van der Waals surface area contributed by atoms with Gasteiger partial charge in [0, 0.05) is 20.4 Å². The predicted molar refractivity (Wildman–Crippen MR) is 141 cm³/mol. The van der Waals surface area contributed by atoms with Gasteiger partial charge >= 0.3 is 0 Å². The second-order valence-corrected chi connectivity index (χ2v) is 13.8. The first-order chi connectivity index (χ1) is 15.2. The summed E-state index contributed by atoms with van der Waals surface area (Å²) in [7, 11) is -1.67. The maximum absolute atomic E-state index is 7.93. The fourth-order valence-corrected chi connectivity index (χ4v) is 12.3. The Morgan fingerprint density at radius 3 is 1.00 bits per heavy atom. The molecule has 0 atom stereocenters. The molecular formula is C28H26ClP2Pd-. The molecule has 4 rings (SSSR count). The number of halogens is 1. The van der Waals surface area contributed by atoms with Crippen LogP contribution in [0.4, 0.5) is 0 Å². The van der Waals surface area contributed by atoms with E-state index in [2.05, 4.69) is 128 Å². The van der Waals surface area contributed by atoms with Crippen molar-refractivity contribution in [1.29, 1.82) is 0 Å². The number of rotatable bonds is 8. The van der Waals surface area contributed by atoms with E-state index in [4.69, 9.17) is 11.6 Å². The molecule has 0 unspecified atom stereocenters. The van der Waals surface area contributed by atoms with Crippen molar-refractivity contribution in [2.75, 3.05) is 0 Å². The van der Waals surface area contributed by atoms with Gasteiger partial charge in [0.05, 0.1) is 4.36 Å². The SMILES string of the molecule is [CH2-]CCC(Cl)(P(c1ccccc1)c1ccccc1)P(c1ccccc1)c1ccccc1.[Pd]. The largest absolute Gasteiger partial charge is 0.343 e. The average Bonchev–Trinajstić information content (AvgIpc) is 2.82. The predicted octanol–water partition coefficient (Wildman–Crippen LogP) is 6.76. The molecule has 166 valence electrons. The quantitative estimate of drug-likeness (QED) is 0.0958. The van der Waals surface area contributed by atoms with E-state index in [1.54, 1.807) is 0 Å². The Morgan fingerprint density at radius 1 is 0.531 bits per heavy atom. The number of hydrogen-bond acceptors (Lipinski definition) is 0. The van der Waals surface area contributed by atoms with Crippen LogP contribution < -0.4 is 21.2 Å². The molecule has 0 spiro atoms. The molecule has 0 fully saturated rings. The minimum atomic E-state index is -0.835. The van der Waals surface area contributed by atoms with Gasteiger partial charge in [-0.1, -0.05) is 128 Å². The van der Waals surface area contributed by atoms with Crippen LogP contribution in [0.15, 0.2) is 121 Å². The van der Waals surface area contributed by atoms with Crippen molar-refractivity contribution in [3.63, 3.8) is 0 Å². The molecule has 0 saturated heterocycles. The van der Waals surface area contributed by atoms with Crippen molar-refractivity contribution in [2.45, 2.75) is 17.2 Å². The summed E-state index contributed by atoms with van der Waals surface area (Å²) in [5.41, 5.74) is 0. The second-order valence-electron chi connectivity index (χ2n) is 7.34. The van der Waals surface area contributed by atoms with Crippen molar-refractivity contribution in [2.24, 2.45) is 0 Å². The topological polar surface area (TPSA) is 0 Å². The summed E-state index contributed by atoms with van der Waals surface area (Å²) >= 11 is 7.93. The van der Waals surface area contributed by atoms with Crippen LogP contribution in [0.25, 0.3) is 0 Å². The number of alkyl halides is 1. The maximum atomic E-state index is 7.93. The van der Waals surface area contributed by atoms with E-state index in [0.717, 1.165) is 12.8 Å². The molecule has 0 heterocycles. The van der Waals surface area contributed by atoms with Gasteiger partial charge in [0.2, 0.25) is 0 Å². The Hall–Kier alpha value is -1.31. The molecule has 0 aliphatic heterocycles. The molecule has 0 saturated carbocycles. The molecule has 0 bridgehead atoms. The smallest absolute Gasteiger partial charge is 0.0970 e. The van der Waals surface area contributed by atoms with Gasteiger partial charge in [-0.2, -0.15) is 6.42 Å². The third-order valence-electron chi connectivity index (χ3n) is 5.24. The van der Waals surface area contributed by atoms with E-state index in [-0.39, 0.29) is 20.4 Å². The third kappa shape index (κ3) is 5.60. The summed E-state index contributed by atoms with van der Waals surface area (Å²) in [4.78, 5) is 0. The zero-order valence-corrected chi connectivity index (χ0v) is 21.9. The molecule has 4 aromatic carbocycles.